The van der Waals surface area contributed by atoms with Crippen molar-refractivity contribution in [3.63, 3.8) is 0 Å². The summed E-state index contributed by atoms with van der Waals surface area (Å²) in [5.74, 6) is 1.79. The Kier molecular flexibility index (Phi) is 5.08. The maximum absolute atomic E-state index is 3.72. The Morgan fingerprint density at radius 1 is 1.17 bits per heavy atom. The molecule has 1 saturated heterocycles. The van der Waals surface area contributed by atoms with Gasteiger partial charge in [-0.3, -0.25) is 4.90 Å². The number of nitrogens with one attached hydrogen (secondary N) is 1. The third kappa shape index (κ3) is 3.08. The molecule has 1 aliphatic heterocycles. The molecule has 0 aromatic rings. The fourth-order valence-electron chi connectivity index (χ4n) is 3.98. The molecule has 0 spiro atoms. The number of hydrogen-bond acceptors (Lipinski definition) is 2. The van der Waals surface area contributed by atoms with Gasteiger partial charge in [-0.05, 0) is 31.6 Å². The van der Waals surface area contributed by atoms with E-state index in [-0.39, 0.29) is 0 Å². The predicted molar refractivity (Wildman–Crippen MR) is 78.8 cm³/mol. The van der Waals surface area contributed by atoms with E-state index in [2.05, 4.69) is 37.9 Å². The minimum absolute atomic E-state index is 0.718. The Morgan fingerprint density at radius 2 is 1.94 bits per heavy atom. The van der Waals surface area contributed by atoms with Gasteiger partial charge in [-0.15, -0.1) is 0 Å². The van der Waals surface area contributed by atoms with Crippen LogP contribution in [-0.4, -0.2) is 36.1 Å². The predicted octanol–water partition coefficient (Wildman–Crippen LogP) is 3.27. The molecule has 1 N–H and O–H groups in total. The summed E-state index contributed by atoms with van der Waals surface area (Å²) in [4.78, 5) is 2.83. The molecular formula is C16H32N2. The highest BCUT2D eigenvalue weighted by Crippen LogP contribution is 2.34. The molecule has 2 nitrogen and oxygen atoms in total. The SMILES string of the molecule is CCCC1CN(C2CCCC(C)C2C)C(C)CN1. The van der Waals surface area contributed by atoms with E-state index in [9.17, 15) is 0 Å². The molecule has 1 heterocycles. The zero-order valence-corrected chi connectivity index (χ0v) is 12.8. The molecule has 106 valence electrons. The smallest absolute Gasteiger partial charge is 0.0196 e. The van der Waals surface area contributed by atoms with E-state index >= 15 is 0 Å². The van der Waals surface area contributed by atoms with Crippen LogP contribution in [0.4, 0.5) is 0 Å². The Balaban J connectivity index is 2.00. The number of piperazine rings is 1. The van der Waals surface area contributed by atoms with Crippen LogP contribution in [-0.2, 0) is 0 Å². The second-order valence-electron chi connectivity index (χ2n) is 6.77. The van der Waals surface area contributed by atoms with E-state index in [1.807, 2.05) is 0 Å². The van der Waals surface area contributed by atoms with Crippen molar-refractivity contribution >= 4 is 0 Å². The van der Waals surface area contributed by atoms with Crippen molar-refractivity contribution in [3.05, 3.63) is 0 Å². The molecule has 2 heteroatoms. The molecule has 2 fully saturated rings. The minimum Gasteiger partial charge on any atom is -0.311 e. The molecule has 0 aromatic heterocycles. The molecule has 0 bridgehead atoms. The van der Waals surface area contributed by atoms with Crippen molar-refractivity contribution in [2.75, 3.05) is 13.1 Å². The number of rotatable bonds is 3. The van der Waals surface area contributed by atoms with E-state index in [4.69, 9.17) is 0 Å². The molecule has 0 amide bonds. The summed E-state index contributed by atoms with van der Waals surface area (Å²) >= 11 is 0. The van der Waals surface area contributed by atoms with E-state index < -0.39 is 0 Å². The molecule has 1 aliphatic carbocycles. The molecule has 2 rings (SSSR count). The molecule has 18 heavy (non-hydrogen) atoms. The number of hydrogen-bond donors (Lipinski definition) is 1. The van der Waals surface area contributed by atoms with Gasteiger partial charge in [0.05, 0.1) is 0 Å². The Hall–Kier alpha value is -0.0800. The first-order chi connectivity index (χ1) is 8.63. The van der Waals surface area contributed by atoms with Crippen LogP contribution in [0.25, 0.3) is 0 Å². The van der Waals surface area contributed by atoms with Crippen molar-refractivity contribution in [2.45, 2.75) is 77.9 Å². The Morgan fingerprint density at radius 3 is 2.67 bits per heavy atom. The third-order valence-electron chi connectivity index (χ3n) is 5.43. The first-order valence-electron chi connectivity index (χ1n) is 8.12. The summed E-state index contributed by atoms with van der Waals surface area (Å²) in [6.45, 7) is 12.1. The van der Waals surface area contributed by atoms with Gasteiger partial charge in [-0.25, -0.2) is 0 Å². The molecular weight excluding hydrogens is 220 g/mol. The lowest BCUT2D eigenvalue weighted by atomic mass is 9.76. The van der Waals surface area contributed by atoms with E-state index in [1.54, 1.807) is 0 Å². The largest absolute Gasteiger partial charge is 0.311 e. The second kappa shape index (κ2) is 6.38. The van der Waals surface area contributed by atoms with Crippen LogP contribution >= 0.6 is 0 Å². The van der Waals surface area contributed by atoms with Crippen LogP contribution in [0.2, 0.25) is 0 Å². The standard InChI is InChI=1S/C16H32N2/c1-5-7-15-11-18(13(3)10-17-15)16-9-6-8-12(2)14(16)4/h12-17H,5-11H2,1-4H3. The lowest BCUT2D eigenvalue weighted by Gasteiger charge is -2.48. The van der Waals surface area contributed by atoms with Crippen LogP contribution in [0, 0.1) is 11.8 Å². The fraction of sp³-hybridized carbons (Fsp3) is 1.00. The Labute approximate surface area is 114 Å². The van der Waals surface area contributed by atoms with Gasteiger partial charge >= 0.3 is 0 Å². The first kappa shape index (κ1) is 14.3. The summed E-state index contributed by atoms with van der Waals surface area (Å²) in [5, 5.41) is 3.72. The molecule has 5 atom stereocenters. The summed E-state index contributed by atoms with van der Waals surface area (Å²) in [7, 11) is 0. The summed E-state index contributed by atoms with van der Waals surface area (Å²) in [5.41, 5.74) is 0. The van der Waals surface area contributed by atoms with Gasteiger partial charge in [0.2, 0.25) is 0 Å². The maximum atomic E-state index is 3.72. The van der Waals surface area contributed by atoms with Gasteiger partial charge in [0.25, 0.3) is 0 Å². The van der Waals surface area contributed by atoms with E-state index in [0.717, 1.165) is 30.0 Å². The van der Waals surface area contributed by atoms with Gasteiger partial charge in [-0.1, -0.05) is 40.0 Å². The first-order valence-corrected chi connectivity index (χ1v) is 8.12. The molecule has 0 radical (unpaired) electrons. The highest BCUT2D eigenvalue weighted by Gasteiger charge is 2.36. The van der Waals surface area contributed by atoms with Crippen molar-refractivity contribution in [1.29, 1.82) is 0 Å². The minimum atomic E-state index is 0.718. The molecule has 1 saturated carbocycles. The summed E-state index contributed by atoms with van der Waals surface area (Å²) in [6, 6.07) is 2.29. The summed E-state index contributed by atoms with van der Waals surface area (Å²) in [6.07, 6.45) is 6.94. The molecule has 2 aliphatic rings. The van der Waals surface area contributed by atoms with Crippen LogP contribution < -0.4 is 5.32 Å². The lowest BCUT2D eigenvalue weighted by molar-refractivity contribution is 0.0232. The summed E-state index contributed by atoms with van der Waals surface area (Å²) < 4.78 is 0. The average molecular weight is 252 g/mol. The van der Waals surface area contributed by atoms with Crippen LogP contribution in [0.5, 0.6) is 0 Å². The highest BCUT2D eigenvalue weighted by atomic mass is 15.3. The zero-order valence-electron chi connectivity index (χ0n) is 12.8. The monoisotopic (exact) mass is 252 g/mol. The fourth-order valence-corrected chi connectivity index (χ4v) is 3.98. The molecule has 5 unspecified atom stereocenters. The van der Waals surface area contributed by atoms with E-state index in [0.29, 0.717) is 0 Å². The zero-order chi connectivity index (χ0) is 13.1. The molecule has 0 aromatic carbocycles. The van der Waals surface area contributed by atoms with Gasteiger partial charge < -0.3 is 5.32 Å². The van der Waals surface area contributed by atoms with Crippen LogP contribution in [0.1, 0.15) is 59.8 Å². The quantitative estimate of drug-likeness (QED) is 0.829. The van der Waals surface area contributed by atoms with Gasteiger partial charge in [0, 0.05) is 31.2 Å². The second-order valence-corrected chi connectivity index (χ2v) is 6.77. The van der Waals surface area contributed by atoms with Crippen molar-refractivity contribution in [2.24, 2.45) is 11.8 Å². The highest BCUT2D eigenvalue weighted by molar-refractivity contribution is 4.92. The van der Waals surface area contributed by atoms with Crippen LogP contribution in [0.15, 0.2) is 0 Å². The van der Waals surface area contributed by atoms with Gasteiger partial charge in [0.15, 0.2) is 0 Å². The average Bonchev–Trinajstić information content (AvgIpc) is 2.36. The third-order valence-corrected chi connectivity index (χ3v) is 5.43. The van der Waals surface area contributed by atoms with Crippen LogP contribution in [0.3, 0.4) is 0 Å². The normalized spacial score (nSPS) is 43.0. The van der Waals surface area contributed by atoms with E-state index in [1.165, 1.54) is 45.2 Å². The van der Waals surface area contributed by atoms with Crippen molar-refractivity contribution in [1.82, 2.24) is 10.2 Å². The van der Waals surface area contributed by atoms with Crippen molar-refractivity contribution in [3.8, 4) is 0 Å². The van der Waals surface area contributed by atoms with Gasteiger partial charge in [0.1, 0.15) is 0 Å². The Bertz CT molecular complexity index is 253. The number of nitrogens with zero attached hydrogens (tertiary/aromatic N) is 1. The lowest BCUT2D eigenvalue weighted by Crippen LogP contribution is -2.60. The van der Waals surface area contributed by atoms with Gasteiger partial charge in [-0.2, -0.15) is 0 Å². The maximum Gasteiger partial charge on any atom is 0.0196 e. The van der Waals surface area contributed by atoms with Crippen molar-refractivity contribution < 1.29 is 0 Å². The topological polar surface area (TPSA) is 15.3 Å².